The van der Waals surface area contributed by atoms with Gasteiger partial charge in [-0.25, -0.2) is 0 Å². The third kappa shape index (κ3) is 3.47. The van der Waals surface area contributed by atoms with Gasteiger partial charge in [-0.2, -0.15) is 0 Å². The summed E-state index contributed by atoms with van der Waals surface area (Å²) in [5.41, 5.74) is 2.82. The highest BCUT2D eigenvalue weighted by atomic mass is 16.5. The third-order valence-corrected chi connectivity index (χ3v) is 3.16. The second kappa shape index (κ2) is 6.40. The van der Waals surface area contributed by atoms with Crippen LogP contribution in [-0.4, -0.2) is 30.8 Å². The van der Waals surface area contributed by atoms with Gasteiger partial charge in [0.25, 0.3) is 0 Å². The van der Waals surface area contributed by atoms with Gasteiger partial charge in [0, 0.05) is 0 Å². The second-order valence-electron chi connectivity index (χ2n) is 4.49. The molecule has 2 N–H and O–H groups in total. The van der Waals surface area contributed by atoms with Crippen molar-refractivity contribution in [3.8, 4) is 5.75 Å². The Morgan fingerprint density at radius 2 is 2.06 bits per heavy atom. The molecule has 18 heavy (non-hydrogen) atoms. The molecule has 0 radical (unpaired) electrons. The zero-order valence-corrected chi connectivity index (χ0v) is 10.4. The van der Waals surface area contributed by atoms with E-state index < -0.39 is 6.61 Å². The van der Waals surface area contributed by atoms with E-state index >= 15 is 0 Å². The monoisotopic (exact) mass is 249 g/mol. The van der Waals surface area contributed by atoms with Crippen molar-refractivity contribution in [1.29, 1.82) is 0 Å². The first kappa shape index (κ1) is 12.9. The number of aryl methyl sites for hydroxylation is 2. The predicted octanol–water partition coefficient (Wildman–Crippen LogP) is 1.05. The van der Waals surface area contributed by atoms with Crippen LogP contribution in [0.25, 0.3) is 0 Å². The Hall–Kier alpha value is -1.55. The fourth-order valence-electron chi connectivity index (χ4n) is 2.21. The van der Waals surface area contributed by atoms with Gasteiger partial charge in [0.2, 0.25) is 5.91 Å². The Balaban J connectivity index is 1.81. The van der Waals surface area contributed by atoms with Crippen LogP contribution in [0.3, 0.4) is 0 Å². The largest absolute Gasteiger partial charge is 0.492 e. The number of hydrogen-bond donors (Lipinski definition) is 2. The minimum atomic E-state index is -0.473. The van der Waals surface area contributed by atoms with Crippen LogP contribution in [0.5, 0.6) is 5.75 Å². The number of carbonyl (C=O) groups excluding carboxylic acids is 1. The molecule has 0 aromatic heterocycles. The lowest BCUT2D eigenvalue weighted by Crippen LogP contribution is -2.30. The lowest BCUT2D eigenvalue weighted by atomic mass is 9.92. The van der Waals surface area contributed by atoms with Gasteiger partial charge in [-0.1, -0.05) is 6.07 Å². The topological polar surface area (TPSA) is 58.6 Å². The van der Waals surface area contributed by atoms with Crippen molar-refractivity contribution in [3.05, 3.63) is 29.3 Å². The first-order valence-corrected chi connectivity index (χ1v) is 6.42. The first-order chi connectivity index (χ1) is 8.79. The molecule has 98 valence electrons. The SMILES string of the molecule is O=C(CO)NCCOc1ccc2c(c1)CCCC2. The molecule has 0 saturated heterocycles. The molecule has 1 amide bonds. The molecule has 1 aromatic rings. The van der Waals surface area contributed by atoms with E-state index in [0.29, 0.717) is 13.2 Å². The van der Waals surface area contributed by atoms with Crippen molar-refractivity contribution in [1.82, 2.24) is 5.32 Å². The summed E-state index contributed by atoms with van der Waals surface area (Å²) in [7, 11) is 0. The van der Waals surface area contributed by atoms with E-state index in [9.17, 15) is 4.79 Å². The fraction of sp³-hybridized carbons (Fsp3) is 0.500. The number of aliphatic hydroxyl groups is 1. The molecule has 0 unspecified atom stereocenters. The van der Waals surface area contributed by atoms with Gasteiger partial charge in [0.05, 0.1) is 6.54 Å². The van der Waals surface area contributed by atoms with E-state index in [4.69, 9.17) is 9.84 Å². The Kier molecular flexibility index (Phi) is 4.59. The Morgan fingerprint density at radius 1 is 1.28 bits per heavy atom. The molecule has 0 bridgehead atoms. The van der Waals surface area contributed by atoms with Crippen LogP contribution in [0.4, 0.5) is 0 Å². The summed E-state index contributed by atoms with van der Waals surface area (Å²) in [5, 5.41) is 11.1. The molecule has 1 aromatic carbocycles. The maximum atomic E-state index is 10.8. The molecule has 4 nitrogen and oxygen atoms in total. The van der Waals surface area contributed by atoms with Gasteiger partial charge in [-0.3, -0.25) is 4.79 Å². The Morgan fingerprint density at radius 3 is 2.83 bits per heavy atom. The number of amides is 1. The van der Waals surface area contributed by atoms with Gasteiger partial charge in [-0.05, 0) is 48.9 Å². The average molecular weight is 249 g/mol. The molecule has 0 heterocycles. The van der Waals surface area contributed by atoms with Crippen molar-refractivity contribution in [2.24, 2.45) is 0 Å². The van der Waals surface area contributed by atoms with Crippen LogP contribution in [-0.2, 0) is 17.6 Å². The summed E-state index contributed by atoms with van der Waals surface area (Å²) >= 11 is 0. The molecule has 0 atom stereocenters. The molecule has 0 fully saturated rings. The van der Waals surface area contributed by atoms with Crippen molar-refractivity contribution in [3.63, 3.8) is 0 Å². The summed E-state index contributed by atoms with van der Waals surface area (Å²) in [5.74, 6) is 0.484. The van der Waals surface area contributed by atoms with Gasteiger partial charge >= 0.3 is 0 Å². The number of carbonyl (C=O) groups is 1. The minimum absolute atomic E-state index is 0.371. The smallest absolute Gasteiger partial charge is 0.245 e. The molecule has 0 saturated carbocycles. The standard InChI is InChI=1S/C14H19NO3/c16-10-14(17)15-7-8-18-13-6-5-11-3-1-2-4-12(11)9-13/h5-6,9,16H,1-4,7-8,10H2,(H,15,17). The number of benzene rings is 1. The number of hydrogen-bond acceptors (Lipinski definition) is 3. The quantitative estimate of drug-likeness (QED) is 0.767. The number of rotatable bonds is 5. The Bertz CT molecular complexity index is 418. The van der Waals surface area contributed by atoms with Gasteiger partial charge in [0.15, 0.2) is 0 Å². The van der Waals surface area contributed by atoms with Gasteiger partial charge < -0.3 is 15.2 Å². The van der Waals surface area contributed by atoms with E-state index in [1.165, 1.54) is 30.4 Å². The van der Waals surface area contributed by atoms with Crippen molar-refractivity contribution in [2.45, 2.75) is 25.7 Å². The van der Waals surface area contributed by atoms with E-state index in [1.54, 1.807) is 0 Å². The third-order valence-electron chi connectivity index (χ3n) is 3.16. The van der Waals surface area contributed by atoms with Gasteiger partial charge in [0.1, 0.15) is 19.0 Å². The number of aliphatic hydroxyl groups excluding tert-OH is 1. The number of nitrogens with one attached hydrogen (secondary N) is 1. The number of fused-ring (bicyclic) bond motifs is 1. The van der Waals surface area contributed by atoms with Crippen molar-refractivity contribution < 1.29 is 14.6 Å². The summed E-state index contributed by atoms with van der Waals surface area (Å²) in [6.45, 7) is 0.361. The van der Waals surface area contributed by atoms with Crippen molar-refractivity contribution >= 4 is 5.91 Å². The lowest BCUT2D eigenvalue weighted by Gasteiger charge is -2.16. The molecular weight excluding hydrogens is 230 g/mol. The molecule has 4 heteroatoms. The van der Waals surface area contributed by atoms with E-state index in [1.807, 2.05) is 6.07 Å². The zero-order valence-electron chi connectivity index (χ0n) is 10.4. The van der Waals surface area contributed by atoms with Crippen molar-refractivity contribution in [2.75, 3.05) is 19.8 Å². The Labute approximate surface area is 107 Å². The normalized spacial score (nSPS) is 13.8. The van der Waals surface area contributed by atoms with Crippen LogP contribution in [0.1, 0.15) is 24.0 Å². The van der Waals surface area contributed by atoms with Crippen LogP contribution < -0.4 is 10.1 Å². The molecular formula is C14H19NO3. The number of ether oxygens (including phenoxy) is 1. The highest BCUT2D eigenvalue weighted by Crippen LogP contribution is 2.25. The van der Waals surface area contributed by atoms with Crippen LogP contribution in [0, 0.1) is 0 Å². The van der Waals surface area contributed by atoms with Crippen LogP contribution in [0.2, 0.25) is 0 Å². The molecule has 0 spiro atoms. The predicted molar refractivity (Wildman–Crippen MR) is 68.7 cm³/mol. The molecule has 1 aliphatic carbocycles. The van der Waals surface area contributed by atoms with Crippen LogP contribution >= 0.6 is 0 Å². The first-order valence-electron chi connectivity index (χ1n) is 6.42. The highest BCUT2D eigenvalue weighted by molar-refractivity contribution is 5.76. The maximum absolute atomic E-state index is 10.8. The second-order valence-corrected chi connectivity index (χ2v) is 4.49. The summed E-state index contributed by atoms with van der Waals surface area (Å²) < 4.78 is 5.57. The molecule has 2 rings (SSSR count). The minimum Gasteiger partial charge on any atom is -0.492 e. The zero-order chi connectivity index (χ0) is 12.8. The summed E-state index contributed by atoms with van der Waals surface area (Å²) in [6.07, 6.45) is 4.83. The van der Waals surface area contributed by atoms with Gasteiger partial charge in [-0.15, -0.1) is 0 Å². The highest BCUT2D eigenvalue weighted by Gasteiger charge is 2.09. The average Bonchev–Trinajstić information content (AvgIpc) is 2.43. The fourth-order valence-corrected chi connectivity index (χ4v) is 2.21. The maximum Gasteiger partial charge on any atom is 0.245 e. The van der Waals surface area contributed by atoms with E-state index in [0.717, 1.165) is 12.2 Å². The van der Waals surface area contributed by atoms with E-state index in [2.05, 4.69) is 17.4 Å². The van der Waals surface area contributed by atoms with E-state index in [-0.39, 0.29) is 5.91 Å². The molecule has 0 aliphatic heterocycles. The molecule has 1 aliphatic rings. The summed E-state index contributed by atoms with van der Waals surface area (Å²) in [4.78, 5) is 10.8. The summed E-state index contributed by atoms with van der Waals surface area (Å²) in [6, 6.07) is 6.22. The van der Waals surface area contributed by atoms with Crippen LogP contribution in [0.15, 0.2) is 18.2 Å². The lowest BCUT2D eigenvalue weighted by molar-refractivity contribution is -0.123.